The molecular weight excluding hydrogens is 342 g/mol. The van der Waals surface area contributed by atoms with Crippen LogP contribution in [0.2, 0.25) is 0 Å². The van der Waals surface area contributed by atoms with Crippen LogP contribution in [0.3, 0.4) is 0 Å². The summed E-state index contributed by atoms with van der Waals surface area (Å²) in [6.07, 6.45) is -2.96. The minimum atomic E-state index is -0.806. The molecule has 152 valence electrons. The zero-order chi connectivity index (χ0) is 20.1. The summed E-state index contributed by atoms with van der Waals surface area (Å²) in [7, 11) is 2.94. The number of rotatable bonds is 7. The molecule has 1 saturated heterocycles. The van der Waals surface area contributed by atoms with Crippen molar-refractivity contribution in [2.45, 2.75) is 90.3 Å². The predicted octanol–water partition coefficient (Wildman–Crippen LogP) is 1.75. The van der Waals surface area contributed by atoms with Crippen LogP contribution in [0.25, 0.3) is 0 Å². The van der Waals surface area contributed by atoms with E-state index in [-0.39, 0.29) is 24.3 Å². The Kier molecular flexibility index (Phi) is 8.01. The maximum atomic E-state index is 12.2. The fourth-order valence-corrected chi connectivity index (χ4v) is 2.54. The van der Waals surface area contributed by atoms with Crippen molar-refractivity contribution in [2.75, 3.05) is 14.2 Å². The van der Waals surface area contributed by atoms with E-state index >= 15 is 0 Å². The number of amides is 1. The first-order chi connectivity index (χ1) is 11.9. The summed E-state index contributed by atoms with van der Waals surface area (Å²) < 4.78 is 27.6. The molecule has 0 bridgehead atoms. The van der Waals surface area contributed by atoms with Gasteiger partial charge in [0.2, 0.25) is 5.91 Å². The molecule has 1 amide bonds. The van der Waals surface area contributed by atoms with E-state index in [1.165, 1.54) is 14.2 Å². The summed E-state index contributed by atoms with van der Waals surface area (Å²) in [4.78, 5) is 24.1. The van der Waals surface area contributed by atoms with E-state index in [4.69, 9.17) is 23.7 Å². The zero-order valence-electron chi connectivity index (χ0n) is 17.1. The highest BCUT2D eigenvalue weighted by Crippen LogP contribution is 2.31. The van der Waals surface area contributed by atoms with Gasteiger partial charge in [0.1, 0.15) is 0 Å². The van der Waals surface area contributed by atoms with Crippen molar-refractivity contribution in [3.8, 4) is 0 Å². The lowest BCUT2D eigenvalue weighted by atomic mass is 10.1. The van der Waals surface area contributed by atoms with Gasteiger partial charge in [-0.3, -0.25) is 9.59 Å². The fraction of sp³-hybridized carbons (Fsp3) is 0.889. The van der Waals surface area contributed by atoms with Crippen LogP contribution >= 0.6 is 0 Å². The molecule has 0 aromatic rings. The first-order valence-corrected chi connectivity index (χ1v) is 8.75. The maximum Gasteiger partial charge on any atom is 0.306 e. The predicted molar refractivity (Wildman–Crippen MR) is 94.3 cm³/mol. The second-order valence-electron chi connectivity index (χ2n) is 8.29. The number of carbonyl (C=O) groups is 2. The molecule has 0 aromatic heterocycles. The third-order valence-electron chi connectivity index (χ3n) is 3.42. The summed E-state index contributed by atoms with van der Waals surface area (Å²) in [5.41, 5.74) is -0.844. The van der Waals surface area contributed by atoms with Gasteiger partial charge in [-0.25, -0.2) is 0 Å². The summed E-state index contributed by atoms with van der Waals surface area (Å²) in [5, 5.41) is 2.80. The van der Waals surface area contributed by atoms with Gasteiger partial charge in [-0.2, -0.15) is 0 Å². The van der Waals surface area contributed by atoms with E-state index < -0.39 is 36.4 Å². The van der Waals surface area contributed by atoms with Gasteiger partial charge in [-0.05, 0) is 41.5 Å². The van der Waals surface area contributed by atoms with Crippen molar-refractivity contribution in [3.63, 3.8) is 0 Å². The third-order valence-corrected chi connectivity index (χ3v) is 3.42. The molecule has 4 atom stereocenters. The molecule has 8 nitrogen and oxygen atoms in total. The van der Waals surface area contributed by atoms with Crippen LogP contribution in [-0.4, -0.2) is 62.0 Å². The van der Waals surface area contributed by atoms with E-state index in [0.717, 1.165) is 0 Å². The topological polar surface area (TPSA) is 92.3 Å². The van der Waals surface area contributed by atoms with Crippen LogP contribution < -0.4 is 5.32 Å². The van der Waals surface area contributed by atoms with Gasteiger partial charge in [-0.1, -0.05) is 0 Å². The summed E-state index contributed by atoms with van der Waals surface area (Å²) >= 11 is 0. The molecule has 26 heavy (non-hydrogen) atoms. The molecule has 1 N–H and O–H groups in total. The van der Waals surface area contributed by atoms with E-state index in [1.54, 1.807) is 0 Å². The highest BCUT2D eigenvalue weighted by atomic mass is 16.8. The van der Waals surface area contributed by atoms with Crippen LogP contribution in [0, 0.1) is 0 Å². The Labute approximate surface area is 155 Å². The lowest BCUT2D eigenvalue weighted by Crippen LogP contribution is -2.44. The molecule has 0 spiro atoms. The SMILES string of the molecule is CO[C@H]1O[C@@H](OC)[C@H](OC(C)(C)C)[C@@H]1OC(=O)CCC(=O)NC(C)(C)C. The highest BCUT2D eigenvalue weighted by molar-refractivity contribution is 5.81. The maximum absolute atomic E-state index is 12.2. The molecule has 8 heteroatoms. The molecule has 1 rings (SSSR count). The second kappa shape index (κ2) is 9.12. The van der Waals surface area contributed by atoms with Gasteiger partial charge in [-0.15, -0.1) is 0 Å². The Balaban J connectivity index is 2.70. The number of ether oxygens (including phenoxy) is 5. The molecular formula is C18H33NO7. The number of esters is 1. The molecule has 0 saturated carbocycles. The Morgan fingerprint density at radius 2 is 1.46 bits per heavy atom. The second-order valence-corrected chi connectivity index (χ2v) is 8.29. The molecule has 0 aromatic carbocycles. The van der Waals surface area contributed by atoms with Crippen LogP contribution in [0.5, 0.6) is 0 Å². The van der Waals surface area contributed by atoms with Crippen molar-refractivity contribution in [3.05, 3.63) is 0 Å². The highest BCUT2D eigenvalue weighted by Gasteiger charge is 2.50. The smallest absolute Gasteiger partial charge is 0.306 e. The molecule has 0 unspecified atom stereocenters. The number of methoxy groups -OCH3 is 2. The monoisotopic (exact) mass is 375 g/mol. The van der Waals surface area contributed by atoms with Gasteiger partial charge < -0.3 is 29.0 Å². The van der Waals surface area contributed by atoms with Crippen LogP contribution in [0.15, 0.2) is 0 Å². The largest absolute Gasteiger partial charge is 0.454 e. The molecule has 0 radical (unpaired) electrons. The van der Waals surface area contributed by atoms with E-state index in [0.29, 0.717) is 0 Å². The van der Waals surface area contributed by atoms with Gasteiger partial charge in [0.25, 0.3) is 0 Å². The van der Waals surface area contributed by atoms with Gasteiger partial charge >= 0.3 is 5.97 Å². The Morgan fingerprint density at radius 1 is 0.923 bits per heavy atom. The van der Waals surface area contributed by atoms with Crippen molar-refractivity contribution < 1.29 is 33.3 Å². The molecule has 1 aliphatic rings. The lowest BCUT2D eigenvalue weighted by molar-refractivity contribution is -0.215. The van der Waals surface area contributed by atoms with Crippen LogP contribution in [0.1, 0.15) is 54.4 Å². The minimum Gasteiger partial charge on any atom is -0.454 e. The molecule has 0 aliphatic carbocycles. The zero-order valence-corrected chi connectivity index (χ0v) is 17.1. The third kappa shape index (κ3) is 7.57. The minimum absolute atomic E-state index is 0.0415. The average Bonchev–Trinajstić information content (AvgIpc) is 2.79. The number of nitrogens with one attached hydrogen (secondary N) is 1. The lowest BCUT2D eigenvalue weighted by Gasteiger charge is -2.30. The number of carbonyl (C=O) groups excluding carboxylic acids is 2. The van der Waals surface area contributed by atoms with Crippen molar-refractivity contribution in [2.24, 2.45) is 0 Å². The molecule has 1 fully saturated rings. The van der Waals surface area contributed by atoms with Crippen LogP contribution in [0.4, 0.5) is 0 Å². The Hall–Kier alpha value is -1.22. The van der Waals surface area contributed by atoms with Gasteiger partial charge in [0.05, 0.1) is 12.0 Å². The van der Waals surface area contributed by atoms with E-state index in [1.807, 2.05) is 41.5 Å². The van der Waals surface area contributed by atoms with E-state index in [2.05, 4.69) is 5.32 Å². The summed E-state index contributed by atoms with van der Waals surface area (Å²) in [6, 6.07) is 0. The summed E-state index contributed by atoms with van der Waals surface area (Å²) in [6.45, 7) is 11.3. The van der Waals surface area contributed by atoms with E-state index in [9.17, 15) is 9.59 Å². The first-order valence-electron chi connectivity index (χ1n) is 8.75. The van der Waals surface area contributed by atoms with Crippen molar-refractivity contribution in [1.29, 1.82) is 0 Å². The Bertz CT molecular complexity index is 481. The van der Waals surface area contributed by atoms with Gasteiger partial charge in [0.15, 0.2) is 24.8 Å². The van der Waals surface area contributed by atoms with Crippen molar-refractivity contribution >= 4 is 11.9 Å². The van der Waals surface area contributed by atoms with Crippen molar-refractivity contribution in [1.82, 2.24) is 5.32 Å². The Morgan fingerprint density at radius 3 is 1.92 bits per heavy atom. The number of hydrogen-bond donors (Lipinski definition) is 1. The number of hydrogen-bond acceptors (Lipinski definition) is 7. The first kappa shape index (κ1) is 22.8. The normalized spacial score (nSPS) is 26.6. The molecule has 1 heterocycles. The standard InChI is InChI=1S/C18H33NO7/c1-17(2,3)19-11(20)9-10-12(21)24-13-14(26-18(4,5)6)16(23-8)25-15(13)22-7/h13-16H,9-10H2,1-8H3,(H,19,20)/t13-,14+,15-,16+/m0/s1. The van der Waals surface area contributed by atoms with Gasteiger partial charge in [0, 0.05) is 26.2 Å². The molecule has 1 aliphatic heterocycles. The average molecular weight is 375 g/mol. The summed E-state index contributed by atoms with van der Waals surface area (Å²) in [5.74, 6) is -0.735. The fourth-order valence-electron chi connectivity index (χ4n) is 2.54. The quantitative estimate of drug-likeness (QED) is 0.678. The van der Waals surface area contributed by atoms with Crippen LogP contribution in [-0.2, 0) is 33.3 Å².